The fourth-order valence-corrected chi connectivity index (χ4v) is 2.49. The lowest BCUT2D eigenvalue weighted by atomic mass is 10.1. The molecule has 0 aliphatic rings. The lowest BCUT2D eigenvalue weighted by molar-refractivity contribution is -0.133. The summed E-state index contributed by atoms with van der Waals surface area (Å²) in [5, 5.41) is 9.06. The number of aryl methyl sites for hydroxylation is 1. The second kappa shape index (κ2) is 8.48. The molecule has 0 aliphatic heterocycles. The highest BCUT2D eigenvalue weighted by molar-refractivity contribution is 5.76. The number of hydrogen-bond acceptors (Lipinski definition) is 4. The maximum absolute atomic E-state index is 12.6. The van der Waals surface area contributed by atoms with Gasteiger partial charge < -0.3 is 4.90 Å². The van der Waals surface area contributed by atoms with Crippen molar-refractivity contribution in [2.75, 3.05) is 13.1 Å². The molecule has 1 rings (SSSR count). The van der Waals surface area contributed by atoms with E-state index in [1.165, 1.54) is 10.8 Å². The van der Waals surface area contributed by atoms with Crippen molar-refractivity contribution in [3.63, 3.8) is 0 Å². The Morgan fingerprint density at radius 1 is 1.21 bits per heavy atom. The number of nitriles is 1. The number of carbonyl (C=O) groups excluding carboxylic acids is 1. The van der Waals surface area contributed by atoms with Crippen LogP contribution in [0.5, 0.6) is 0 Å². The van der Waals surface area contributed by atoms with Crippen LogP contribution >= 0.6 is 0 Å². The third kappa shape index (κ3) is 4.82. The van der Waals surface area contributed by atoms with Crippen LogP contribution in [-0.4, -0.2) is 33.0 Å². The van der Waals surface area contributed by atoms with E-state index in [9.17, 15) is 14.4 Å². The highest BCUT2D eigenvalue weighted by Crippen LogP contribution is 2.05. The minimum Gasteiger partial charge on any atom is -0.341 e. The van der Waals surface area contributed by atoms with E-state index in [1.807, 2.05) is 27.7 Å². The van der Waals surface area contributed by atoms with Crippen LogP contribution in [0.2, 0.25) is 0 Å². The molecule has 0 radical (unpaired) electrons. The Hall–Kier alpha value is -2.36. The molecule has 1 aromatic rings. The van der Waals surface area contributed by atoms with Gasteiger partial charge in [-0.05, 0) is 18.8 Å². The average molecular weight is 334 g/mol. The molecular weight excluding hydrogens is 308 g/mol. The van der Waals surface area contributed by atoms with Crippen LogP contribution in [0, 0.1) is 23.2 Å². The predicted molar refractivity (Wildman–Crippen MR) is 91.6 cm³/mol. The molecule has 132 valence electrons. The van der Waals surface area contributed by atoms with Gasteiger partial charge in [0.2, 0.25) is 5.91 Å². The minimum atomic E-state index is -0.713. The van der Waals surface area contributed by atoms with Crippen LogP contribution in [0.25, 0.3) is 0 Å². The molecule has 7 heteroatoms. The Labute approximate surface area is 142 Å². The van der Waals surface area contributed by atoms with Crippen molar-refractivity contribution in [2.45, 2.75) is 47.7 Å². The molecule has 24 heavy (non-hydrogen) atoms. The Morgan fingerprint density at radius 3 is 2.17 bits per heavy atom. The van der Waals surface area contributed by atoms with E-state index >= 15 is 0 Å². The molecule has 0 saturated carbocycles. The summed E-state index contributed by atoms with van der Waals surface area (Å²) < 4.78 is 2.13. The van der Waals surface area contributed by atoms with E-state index < -0.39 is 11.2 Å². The van der Waals surface area contributed by atoms with E-state index in [4.69, 9.17) is 5.26 Å². The molecule has 0 bridgehead atoms. The summed E-state index contributed by atoms with van der Waals surface area (Å²) >= 11 is 0. The summed E-state index contributed by atoms with van der Waals surface area (Å²) in [5.74, 6) is 0.277. The summed E-state index contributed by atoms with van der Waals surface area (Å²) in [6.07, 6.45) is 1.24. The summed E-state index contributed by atoms with van der Waals surface area (Å²) in [6, 6.07) is 1.79. The molecule has 0 N–H and O–H groups in total. The highest BCUT2D eigenvalue weighted by atomic mass is 16.2. The molecule has 1 aromatic heterocycles. The van der Waals surface area contributed by atoms with Gasteiger partial charge in [-0.3, -0.25) is 14.2 Å². The predicted octanol–water partition coefficient (Wildman–Crippen LogP) is 1.04. The van der Waals surface area contributed by atoms with E-state index in [0.29, 0.717) is 19.6 Å². The summed E-state index contributed by atoms with van der Waals surface area (Å²) in [7, 11) is 0. The van der Waals surface area contributed by atoms with Crippen LogP contribution in [-0.2, 0) is 17.9 Å². The van der Waals surface area contributed by atoms with Gasteiger partial charge in [-0.15, -0.1) is 0 Å². The number of amides is 1. The van der Waals surface area contributed by atoms with Crippen LogP contribution in [0.3, 0.4) is 0 Å². The second-order valence-corrected chi connectivity index (χ2v) is 6.70. The van der Waals surface area contributed by atoms with Gasteiger partial charge >= 0.3 is 5.69 Å². The van der Waals surface area contributed by atoms with Crippen LogP contribution in [0.1, 0.15) is 40.2 Å². The number of rotatable bonds is 7. The SMILES string of the molecule is CCn1cc(C#N)c(=O)n(CC(=O)N(CC(C)C)CC(C)C)c1=O. The average Bonchev–Trinajstić information content (AvgIpc) is 2.50. The summed E-state index contributed by atoms with van der Waals surface area (Å²) in [6.45, 7) is 10.9. The van der Waals surface area contributed by atoms with Crippen LogP contribution in [0.15, 0.2) is 15.8 Å². The fourth-order valence-electron chi connectivity index (χ4n) is 2.49. The van der Waals surface area contributed by atoms with Crippen molar-refractivity contribution >= 4 is 5.91 Å². The van der Waals surface area contributed by atoms with E-state index in [0.717, 1.165) is 4.57 Å². The van der Waals surface area contributed by atoms with Gasteiger partial charge in [0.05, 0.1) is 0 Å². The minimum absolute atomic E-state index is 0.136. The number of aromatic nitrogens is 2. The first-order valence-electron chi connectivity index (χ1n) is 8.23. The quantitative estimate of drug-likeness (QED) is 0.745. The van der Waals surface area contributed by atoms with Gasteiger partial charge in [-0.2, -0.15) is 5.26 Å². The Morgan fingerprint density at radius 2 is 1.75 bits per heavy atom. The third-order valence-corrected chi connectivity index (χ3v) is 3.52. The maximum atomic E-state index is 12.6. The molecule has 0 aliphatic carbocycles. The van der Waals surface area contributed by atoms with E-state index in [-0.39, 0.29) is 29.9 Å². The van der Waals surface area contributed by atoms with Crippen LogP contribution < -0.4 is 11.2 Å². The molecular formula is C17H26N4O3. The largest absolute Gasteiger partial charge is 0.341 e. The van der Waals surface area contributed by atoms with Crippen molar-refractivity contribution in [2.24, 2.45) is 11.8 Å². The smallest absolute Gasteiger partial charge is 0.331 e. The molecule has 1 heterocycles. The summed E-state index contributed by atoms with van der Waals surface area (Å²) in [5.41, 5.74) is -1.41. The standard InChI is InChI=1S/C17H26N4O3/c1-6-19-10-14(7-18)16(23)21(17(19)24)11-15(22)20(8-12(2)3)9-13(4)5/h10,12-13H,6,8-9,11H2,1-5H3. The van der Waals surface area contributed by atoms with Crippen molar-refractivity contribution < 1.29 is 4.79 Å². The topological polar surface area (TPSA) is 88.1 Å². The van der Waals surface area contributed by atoms with Crippen LogP contribution in [0.4, 0.5) is 0 Å². The van der Waals surface area contributed by atoms with Crippen molar-refractivity contribution in [1.82, 2.24) is 14.0 Å². The Balaban J connectivity index is 3.23. The lowest BCUT2D eigenvalue weighted by Crippen LogP contribution is -2.46. The molecule has 0 spiro atoms. The normalized spacial score (nSPS) is 10.9. The summed E-state index contributed by atoms with van der Waals surface area (Å²) in [4.78, 5) is 38.9. The molecule has 0 aromatic carbocycles. The zero-order valence-electron chi connectivity index (χ0n) is 15.1. The zero-order chi connectivity index (χ0) is 18.4. The van der Waals surface area contributed by atoms with Crippen molar-refractivity contribution in [3.05, 3.63) is 32.6 Å². The molecule has 0 unspecified atom stereocenters. The number of nitrogens with zero attached hydrogens (tertiary/aromatic N) is 4. The molecule has 7 nitrogen and oxygen atoms in total. The Bertz CT molecular complexity index is 728. The van der Waals surface area contributed by atoms with Gasteiger partial charge in [0.1, 0.15) is 18.2 Å². The first kappa shape index (κ1) is 19.7. The van der Waals surface area contributed by atoms with Gasteiger partial charge in [0.15, 0.2) is 0 Å². The molecule has 0 fully saturated rings. The maximum Gasteiger partial charge on any atom is 0.331 e. The highest BCUT2D eigenvalue weighted by Gasteiger charge is 2.20. The van der Waals surface area contributed by atoms with Gasteiger partial charge in [0, 0.05) is 25.8 Å². The van der Waals surface area contributed by atoms with E-state index in [1.54, 1.807) is 17.9 Å². The zero-order valence-corrected chi connectivity index (χ0v) is 15.1. The lowest BCUT2D eigenvalue weighted by Gasteiger charge is -2.26. The van der Waals surface area contributed by atoms with E-state index in [2.05, 4.69) is 0 Å². The fraction of sp³-hybridized carbons (Fsp3) is 0.647. The van der Waals surface area contributed by atoms with Crippen molar-refractivity contribution in [3.8, 4) is 6.07 Å². The van der Waals surface area contributed by atoms with Gasteiger partial charge in [-0.25, -0.2) is 9.36 Å². The monoisotopic (exact) mass is 334 g/mol. The van der Waals surface area contributed by atoms with Gasteiger partial charge in [-0.1, -0.05) is 27.7 Å². The Kier molecular flexibility index (Phi) is 6.96. The number of carbonyl (C=O) groups is 1. The second-order valence-electron chi connectivity index (χ2n) is 6.70. The molecule has 0 saturated heterocycles. The van der Waals surface area contributed by atoms with Gasteiger partial charge in [0.25, 0.3) is 5.56 Å². The van der Waals surface area contributed by atoms with Crippen molar-refractivity contribution in [1.29, 1.82) is 5.26 Å². The third-order valence-electron chi connectivity index (χ3n) is 3.52. The first-order valence-corrected chi connectivity index (χ1v) is 8.23. The first-order chi connectivity index (χ1) is 11.2. The molecule has 0 atom stereocenters. The number of hydrogen-bond donors (Lipinski definition) is 0. The molecule has 1 amide bonds.